The summed E-state index contributed by atoms with van der Waals surface area (Å²) < 4.78 is 15.0. The van der Waals surface area contributed by atoms with Crippen molar-refractivity contribution in [3.63, 3.8) is 0 Å². The molecule has 108 valence electrons. The minimum absolute atomic E-state index is 0.0411. The number of fused-ring (bicyclic) bond motifs is 1. The number of hydrogen-bond donors (Lipinski definition) is 0. The maximum absolute atomic E-state index is 12.0. The van der Waals surface area contributed by atoms with E-state index < -0.39 is 17.6 Å². The Balaban J connectivity index is 2.75. The molecule has 2 rings (SSSR count). The lowest BCUT2D eigenvalue weighted by atomic mass is 10.1. The van der Waals surface area contributed by atoms with Crippen LogP contribution in [0.15, 0.2) is 40.1 Å². The number of benzene rings is 1. The average molecular weight is 288 g/mol. The number of rotatable bonds is 3. The van der Waals surface area contributed by atoms with Crippen molar-refractivity contribution in [1.82, 2.24) is 0 Å². The molecule has 0 spiro atoms. The molecule has 21 heavy (non-hydrogen) atoms. The van der Waals surface area contributed by atoms with E-state index in [1.165, 1.54) is 13.8 Å². The van der Waals surface area contributed by atoms with Crippen molar-refractivity contribution in [2.45, 2.75) is 13.8 Å². The third kappa shape index (κ3) is 3.00. The van der Waals surface area contributed by atoms with Crippen molar-refractivity contribution in [2.75, 3.05) is 0 Å². The lowest BCUT2D eigenvalue weighted by Gasteiger charge is -2.11. The molecule has 1 heterocycles. The minimum Gasteiger partial charge on any atom is -0.426 e. The van der Waals surface area contributed by atoms with Crippen molar-refractivity contribution < 1.29 is 23.5 Å². The predicted octanol–water partition coefficient (Wildman–Crippen LogP) is 2.25. The van der Waals surface area contributed by atoms with E-state index >= 15 is 0 Å². The fourth-order valence-electron chi connectivity index (χ4n) is 1.84. The smallest absolute Gasteiger partial charge is 0.351 e. The molecule has 1 aromatic carbocycles. The molecule has 1 aromatic heterocycles. The van der Waals surface area contributed by atoms with Gasteiger partial charge in [-0.05, 0) is 12.1 Å². The first-order valence-electron chi connectivity index (χ1n) is 6.02. The van der Waals surface area contributed by atoms with Gasteiger partial charge in [0.05, 0.1) is 5.39 Å². The molecule has 0 amide bonds. The summed E-state index contributed by atoms with van der Waals surface area (Å²) in [4.78, 5) is 34.3. The standard InChI is InChI=1S/C15H12O6/c1-8(19-9(2)16)13-14(20-10(3)17)11-6-4-5-7-12(11)21-15(13)18/h4-7H,1H2,2-3H3. The van der Waals surface area contributed by atoms with Gasteiger partial charge >= 0.3 is 17.6 Å². The summed E-state index contributed by atoms with van der Waals surface area (Å²) in [6.45, 7) is 5.87. The fourth-order valence-corrected chi connectivity index (χ4v) is 1.84. The summed E-state index contributed by atoms with van der Waals surface area (Å²) in [5.41, 5.74) is -0.756. The molecule has 0 saturated carbocycles. The second-order valence-electron chi connectivity index (χ2n) is 4.20. The monoisotopic (exact) mass is 288 g/mol. The van der Waals surface area contributed by atoms with Crippen LogP contribution in [0.1, 0.15) is 19.4 Å². The van der Waals surface area contributed by atoms with Crippen LogP contribution in [-0.2, 0) is 14.3 Å². The molecule has 0 atom stereocenters. The van der Waals surface area contributed by atoms with E-state index in [0.717, 1.165) is 0 Å². The molecule has 0 fully saturated rings. The summed E-state index contributed by atoms with van der Waals surface area (Å²) >= 11 is 0. The zero-order chi connectivity index (χ0) is 15.6. The van der Waals surface area contributed by atoms with Crippen LogP contribution >= 0.6 is 0 Å². The highest BCUT2D eigenvalue weighted by atomic mass is 16.5. The molecule has 6 heteroatoms. The van der Waals surface area contributed by atoms with Crippen molar-refractivity contribution >= 4 is 28.7 Å². The number of esters is 2. The summed E-state index contributed by atoms with van der Waals surface area (Å²) in [7, 11) is 0. The first-order valence-corrected chi connectivity index (χ1v) is 6.02. The van der Waals surface area contributed by atoms with Crippen LogP contribution in [0.5, 0.6) is 5.75 Å². The van der Waals surface area contributed by atoms with Gasteiger partial charge in [-0.2, -0.15) is 0 Å². The number of carbonyl (C=O) groups excluding carboxylic acids is 2. The van der Waals surface area contributed by atoms with Crippen LogP contribution in [0.25, 0.3) is 16.7 Å². The van der Waals surface area contributed by atoms with Crippen LogP contribution in [0.4, 0.5) is 0 Å². The Morgan fingerprint density at radius 2 is 1.81 bits per heavy atom. The first kappa shape index (κ1) is 14.5. The third-order valence-corrected chi connectivity index (χ3v) is 2.56. The second-order valence-corrected chi connectivity index (χ2v) is 4.20. The second kappa shape index (κ2) is 5.62. The zero-order valence-corrected chi connectivity index (χ0v) is 11.5. The van der Waals surface area contributed by atoms with Crippen LogP contribution in [0.2, 0.25) is 0 Å². The number of para-hydroxylation sites is 1. The Labute approximate surface area is 119 Å². The maximum Gasteiger partial charge on any atom is 0.351 e. The fraction of sp³-hybridized carbons (Fsp3) is 0.133. The highest BCUT2D eigenvalue weighted by Gasteiger charge is 2.21. The van der Waals surface area contributed by atoms with E-state index in [1.54, 1.807) is 24.3 Å². The van der Waals surface area contributed by atoms with Crippen LogP contribution in [0, 0.1) is 0 Å². The molecule has 0 bridgehead atoms. The summed E-state index contributed by atoms with van der Waals surface area (Å²) in [6.07, 6.45) is 0. The molecule has 0 aliphatic rings. The number of hydrogen-bond acceptors (Lipinski definition) is 6. The SMILES string of the molecule is C=C(OC(C)=O)c1c(OC(C)=O)c2ccccc2oc1=O. The Morgan fingerprint density at radius 3 is 2.43 bits per heavy atom. The van der Waals surface area contributed by atoms with Crippen molar-refractivity contribution in [3.8, 4) is 5.75 Å². The molecule has 0 aliphatic heterocycles. The predicted molar refractivity (Wildman–Crippen MR) is 74.6 cm³/mol. The number of carbonyl (C=O) groups is 2. The van der Waals surface area contributed by atoms with E-state index in [1.807, 2.05) is 0 Å². The Morgan fingerprint density at radius 1 is 1.14 bits per heavy atom. The van der Waals surface area contributed by atoms with Gasteiger partial charge in [0.2, 0.25) is 0 Å². The van der Waals surface area contributed by atoms with Crippen LogP contribution < -0.4 is 10.4 Å². The van der Waals surface area contributed by atoms with Gasteiger partial charge in [-0.25, -0.2) is 4.79 Å². The van der Waals surface area contributed by atoms with Gasteiger partial charge in [0, 0.05) is 13.8 Å². The van der Waals surface area contributed by atoms with Crippen molar-refractivity contribution in [1.29, 1.82) is 0 Å². The molecule has 0 aliphatic carbocycles. The molecule has 2 aromatic rings. The van der Waals surface area contributed by atoms with Gasteiger partial charge in [0.1, 0.15) is 16.9 Å². The Hall–Kier alpha value is -2.89. The van der Waals surface area contributed by atoms with Crippen molar-refractivity contribution in [2.24, 2.45) is 0 Å². The van der Waals surface area contributed by atoms with Gasteiger partial charge in [0.15, 0.2) is 5.75 Å². The molecule has 0 unspecified atom stereocenters. The lowest BCUT2D eigenvalue weighted by molar-refractivity contribution is -0.134. The largest absolute Gasteiger partial charge is 0.426 e. The van der Waals surface area contributed by atoms with Crippen molar-refractivity contribution in [3.05, 3.63) is 46.8 Å². The topological polar surface area (TPSA) is 82.8 Å². The minimum atomic E-state index is -0.809. The molecular formula is C15H12O6. The summed E-state index contributed by atoms with van der Waals surface area (Å²) in [5, 5.41) is 0.399. The molecule has 0 N–H and O–H groups in total. The van der Waals surface area contributed by atoms with Crippen LogP contribution in [0.3, 0.4) is 0 Å². The molecule has 6 nitrogen and oxygen atoms in total. The van der Waals surface area contributed by atoms with Gasteiger partial charge in [-0.3, -0.25) is 9.59 Å². The van der Waals surface area contributed by atoms with Crippen LogP contribution in [-0.4, -0.2) is 11.9 Å². The van der Waals surface area contributed by atoms with E-state index in [2.05, 4.69) is 6.58 Å². The molecular weight excluding hydrogens is 276 g/mol. The highest BCUT2D eigenvalue weighted by Crippen LogP contribution is 2.31. The van der Waals surface area contributed by atoms with E-state index in [0.29, 0.717) is 5.39 Å². The van der Waals surface area contributed by atoms with Gasteiger partial charge in [-0.15, -0.1) is 0 Å². The first-order chi connectivity index (χ1) is 9.90. The number of ether oxygens (including phenoxy) is 2. The Kier molecular flexibility index (Phi) is 3.89. The van der Waals surface area contributed by atoms with Gasteiger partial charge in [0.25, 0.3) is 0 Å². The van der Waals surface area contributed by atoms with Gasteiger partial charge in [-0.1, -0.05) is 18.7 Å². The summed E-state index contributed by atoms with van der Waals surface area (Å²) in [5.74, 6) is -1.55. The lowest BCUT2D eigenvalue weighted by Crippen LogP contribution is -2.14. The summed E-state index contributed by atoms with van der Waals surface area (Å²) in [6, 6.07) is 6.53. The van der Waals surface area contributed by atoms with E-state index in [9.17, 15) is 14.4 Å². The molecule has 0 radical (unpaired) electrons. The normalized spacial score (nSPS) is 10.2. The third-order valence-electron chi connectivity index (χ3n) is 2.56. The average Bonchev–Trinajstić information content (AvgIpc) is 2.36. The molecule has 0 saturated heterocycles. The van der Waals surface area contributed by atoms with E-state index in [-0.39, 0.29) is 22.7 Å². The maximum atomic E-state index is 12.0. The Bertz CT molecular complexity index is 799. The zero-order valence-electron chi connectivity index (χ0n) is 11.5. The highest BCUT2D eigenvalue weighted by molar-refractivity contribution is 5.91. The van der Waals surface area contributed by atoms with E-state index in [4.69, 9.17) is 13.9 Å². The van der Waals surface area contributed by atoms with Gasteiger partial charge < -0.3 is 13.9 Å². The quantitative estimate of drug-likeness (QED) is 0.489.